The Bertz CT molecular complexity index is 321. The fourth-order valence-electron chi connectivity index (χ4n) is 1.75. The Labute approximate surface area is 110 Å². The average Bonchev–Trinajstić information content (AvgIpc) is 2.35. The van der Waals surface area contributed by atoms with Crippen molar-refractivity contribution in [1.29, 1.82) is 0 Å². The lowest BCUT2D eigenvalue weighted by Gasteiger charge is -2.27. The Kier molecular flexibility index (Phi) is 5.86. The summed E-state index contributed by atoms with van der Waals surface area (Å²) in [5.74, 6) is 1.21. The van der Waals surface area contributed by atoms with Gasteiger partial charge in [0.15, 0.2) is 0 Å². The van der Waals surface area contributed by atoms with Crippen molar-refractivity contribution in [2.24, 2.45) is 5.73 Å². The summed E-state index contributed by atoms with van der Waals surface area (Å²) in [6.45, 7) is 4.29. The van der Waals surface area contributed by atoms with Crippen LogP contribution < -0.4 is 10.6 Å². The van der Waals surface area contributed by atoms with E-state index >= 15 is 0 Å². The Morgan fingerprint density at radius 3 is 2.29 bits per heavy atom. The van der Waals surface area contributed by atoms with Crippen molar-refractivity contribution in [3.63, 3.8) is 0 Å². The molecule has 3 heteroatoms. The second-order valence-corrected chi connectivity index (χ2v) is 5.61. The zero-order valence-corrected chi connectivity index (χ0v) is 12.1. The second-order valence-electron chi connectivity index (χ2n) is 4.62. The molecule has 0 fully saturated rings. The highest BCUT2D eigenvalue weighted by atomic mass is 32.2. The van der Waals surface area contributed by atoms with Crippen LogP contribution in [0.15, 0.2) is 24.3 Å². The van der Waals surface area contributed by atoms with E-state index in [0.29, 0.717) is 6.04 Å². The molecule has 2 unspecified atom stereocenters. The fraction of sp³-hybridized carbons (Fsp3) is 0.571. The van der Waals surface area contributed by atoms with Crippen molar-refractivity contribution in [3.8, 4) is 0 Å². The molecule has 17 heavy (non-hydrogen) atoms. The molecule has 0 aliphatic heterocycles. The molecule has 0 spiro atoms. The number of nitrogens with two attached hydrogens (primary N) is 1. The molecule has 1 rings (SSSR count). The van der Waals surface area contributed by atoms with Crippen LogP contribution in [0.25, 0.3) is 0 Å². The van der Waals surface area contributed by atoms with Crippen molar-refractivity contribution < 1.29 is 0 Å². The first-order valence-electron chi connectivity index (χ1n) is 6.13. The zero-order chi connectivity index (χ0) is 12.8. The molecule has 0 amide bonds. The van der Waals surface area contributed by atoms with E-state index in [1.165, 1.54) is 23.4 Å². The molecule has 2 nitrogen and oxygen atoms in total. The molecule has 2 atom stereocenters. The summed E-state index contributed by atoms with van der Waals surface area (Å²) in [5.41, 5.74) is 8.31. The zero-order valence-electron chi connectivity index (χ0n) is 11.3. The first-order chi connectivity index (χ1) is 8.06. The second kappa shape index (κ2) is 6.92. The molecule has 96 valence electrons. The maximum absolute atomic E-state index is 5.85. The molecular weight excluding hydrogens is 228 g/mol. The Morgan fingerprint density at radius 2 is 1.82 bits per heavy atom. The SMILES string of the molecule is CSCCC(C)N(C)c1ccc(C(C)N)cc1. The molecule has 0 aliphatic carbocycles. The number of benzene rings is 1. The van der Waals surface area contributed by atoms with Gasteiger partial charge in [0.05, 0.1) is 0 Å². The van der Waals surface area contributed by atoms with E-state index < -0.39 is 0 Å². The quantitative estimate of drug-likeness (QED) is 0.842. The number of hydrogen-bond donors (Lipinski definition) is 1. The number of nitrogens with zero attached hydrogens (tertiary/aromatic N) is 1. The van der Waals surface area contributed by atoms with Crippen molar-refractivity contribution in [3.05, 3.63) is 29.8 Å². The molecular formula is C14H24N2S. The summed E-state index contributed by atoms with van der Waals surface area (Å²) in [6, 6.07) is 9.25. The number of hydrogen-bond acceptors (Lipinski definition) is 3. The van der Waals surface area contributed by atoms with Gasteiger partial charge < -0.3 is 10.6 Å². The molecule has 0 aliphatic rings. The largest absolute Gasteiger partial charge is 0.372 e. The standard InChI is InChI=1S/C14H24N2S/c1-11(9-10-17-4)16(3)14-7-5-13(6-8-14)12(2)15/h5-8,11-12H,9-10,15H2,1-4H3. The van der Waals surface area contributed by atoms with E-state index in [2.05, 4.69) is 49.4 Å². The van der Waals surface area contributed by atoms with E-state index in [1.807, 2.05) is 18.7 Å². The van der Waals surface area contributed by atoms with Crippen LogP contribution >= 0.6 is 11.8 Å². The minimum Gasteiger partial charge on any atom is -0.372 e. The lowest BCUT2D eigenvalue weighted by atomic mass is 10.1. The summed E-state index contributed by atoms with van der Waals surface area (Å²) in [6.07, 6.45) is 3.37. The van der Waals surface area contributed by atoms with Crippen molar-refractivity contribution >= 4 is 17.4 Å². The van der Waals surface area contributed by atoms with E-state index in [9.17, 15) is 0 Å². The minimum absolute atomic E-state index is 0.114. The van der Waals surface area contributed by atoms with E-state index in [1.54, 1.807) is 0 Å². The van der Waals surface area contributed by atoms with Gasteiger partial charge in [0, 0.05) is 24.8 Å². The van der Waals surface area contributed by atoms with Gasteiger partial charge in [-0.2, -0.15) is 11.8 Å². The molecule has 0 bridgehead atoms. The van der Waals surface area contributed by atoms with Crippen LogP contribution in [0, 0.1) is 0 Å². The molecule has 0 heterocycles. The Balaban J connectivity index is 2.65. The highest BCUT2D eigenvalue weighted by Crippen LogP contribution is 2.20. The molecule has 0 saturated heterocycles. The predicted molar refractivity (Wildman–Crippen MR) is 79.9 cm³/mol. The van der Waals surface area contributed by atoms with E-state index in [-0.39, 0.29) is 6.04 Å². The van der Waals surface area contributed by atoms with Crippen LogP contribution in [0.1, 0.15) is 31.9 Å². The van der Waals surface area contributed by atoms with Gasteiger partial charge in [-0.05, 0) is 50.0 Å². The third kappa shape index (κ3) is 4.25. The topological polar surface area (TPSA) is 29.3 Å². The smallest absolute Gasteiger partial charge is 0.0366 e. The molecule has 1 aromatic rings. The van der Waals surface area contributed by atoms with Gasteiger partial charge in [-0.3, -0.25) is 0 Å². The van der Waals surface area contributed by atoms with Crippen LogP contribution in [0.2, 0.25) is 0 Å². The van der Waals surface area contributed by atoms with Crippen LogP contribution in [0.4, 0.5) is 5.69 Å². The average molecular weight is 252 g/mol. The van der Waals surface area contributed by atoms with Gasteiger partial charge in [0.2, 0.25) is 0 Å². The monoisotopic (exact) mass is 252 g/mol. The van der Waals surface area contributed by atoms with Crippen molar-refractivity contribution in [2.75, 3.05) is 24.0 Å². The Hall–Kier alpha value is -0.670. The van der Waals surface area contributed by atoms with Gasteiger partial charge in [-0.1, -0.05) is 12.1 Å². The third-order valence-corrected chi connectivity index (χ3v) is 3.87. The fourth-order valence-corrected chi connectivity index (χ4v) is 2.33. The number of anilines is 1. The van der Waals surface area contributed by atoms with E-state index in [4.69, 9.17) is 5.73 Å². The van der Waals surface area contributed by atoms with Crippen molar-refractivity contribution in [1.82, 2.24) is 0 Å². The molecule has 0 saturated carbocycles. The third-order valence-electron chi connectivity index (χ3n) is 3.23. The maximum Gasteiger partial charge on any atom is 0.0366 e. The lowest BCUT2D eigenvalue weighted by molar-refractivity contribution is 0.669. The first kappa shape index (κ1) is 14.4. The van der Waals surface area contributed by atoms with Gasteiger partial charge in [0.1, 0.15) is 0 Å². The highest BCUT2D eigenvalue weighted by Gasteiger charge is 2.09. The summed E-state index contributed by atoms with van der Waals surface area (Å²) in [5, 5.41) is 0. The van der Waals surface area contributed by atoms with Crippen molar-refractivity contribution in [2.45, 2.75) is 32.4 Å². The first-order valence-corrected chi connectivity index (χ1v) is 7.53. The maximum atomic E-state index is 5.85. The van der Waals surface area contributed by atoms with Gasteiger partial charge in [-0.25, -0.2) is 0 Å². The molecule has 2 N–H and O–H groups in total. The number of thioether (sulfide) groups is 1. The van der Waals surface area contributed by atoms with Gasteiger partial charge in [0.25, 0.3) is 0 Å². The van der Waals surface area contributed by atoms with Crippen LogP contribution in [-0.2, 0) is 0 Å². The van der Waals surface area contributed by atoms with Crippen LogP contribution in [0.3, 0.4) is 0 Å². The Morgan fingerprint density at radius 1 is 1.24 bits per heavy atom. The summed E-state index contributed by atoms with van der Waals surface area (Å²) < 4.78 is 0. The van der Waals surface area contributed by atoms with Crippen LogP contribution in [0.5, 0.6) is 0 Å². The van der Waals surface area contributed by atoms with E-state index in [0.717, 1.165) is 0 Å². The van der Waals surface area contributed by atoms with Gasteiger partial charge >= 0.3 is 0 Å². The molecule has 0 aromatic heterocycles. The summed E-state index contributed by atoms with van der Waals surface area (Å²) in [4.78, 5) is 2.33. The highest BCUT2D eigenvalue weighted by molar-refractivity contribution is 7.98. The van der Waals surface area contributed by atoms with Crippen LogP contribution in [-0.4, -0.2) is 25.1 Å². The predicted octanol–water partition coefficient (Wildman–Crippen LogP) is 3.28. The normalized spacial score (nSPS) is 14.4. The number of rotatable bonds is 6. The lowest BCUT2D eigenvalue weighted by Crippen LogP contribution is -2.29. The van der Waals surface area contributed by atoms with Gasteiger partial charge in [-0.15, -0.1) is 0 Å². The minimum atomic E-state index is 0.114. The molecule has 1 aromatic carbocycles. The summed E-state index contributed by atoms with van der Waals surface area (Å²) >= 11 is 1.91. The summed E-state index contributed by atoms with van der Waals surface area (Å²) in [7, 11) is 2.16. The molecule has 0 radical (unpaired) electrons.